The van der Waals surface area contributed by atoms with Gasteiger partial charge in [-0.05, 0) is 48.2 Å². The Labute approximate surface area is 133 Å². The number of hydrogen-bond acceptors (Lipinski definition) is 2. The molecule has 1 aliphatic heterocycles. The predicted octanol–water partition coefficient (Wildman–Crippen LogP) is 4.64. The molecule has 2 nitrogen and oxygen atoms in total. The van der Waals surface area contributed by atoms with E-state index in [0.29, 0.717) is 13.0 Å². The van der Waals surface area contributed by atoms with Gasteiger partial charge >= 0.3 is 0 Å². The maximum Gasteiger partial charge on any atom is 0.165 e. The van der Waals surface area contributed by atoms with Gasteiger partial charge in [0.1, 0.15) is 0 Å². The van der Waals surface area contributed by atoms with Crippen molar-refractivity contribution in [1.82, 2.24) is 0 Å². The summed E-state index contributed by atoms with van der Waals surface area (Å²) >= 11 is 3.45. The number of aryl methyl sites for hydroxylation is 1. The van der Waals surface area contributed by atoms with E-state index in [0.717, 1.165) is 27.6 Å². The normalized spacial score (nSPS) is 17.3. The van der Waals surface area contributed by atoms with E-state index < -0.39 is 0 Å². The Balaban J connectivity index is 1.82. The topological polar surface area (TPSA) is 26.3 Å². The second kappa shape index (κ2) is 6.12. The lowest BCUT2D eigenvalue weighted by atomic mass is 9.93. The SMILES string of the molecule is Cc1cc(Br)cc(C(=O)CC2OCCc3ccccc32)c1. The zero-order valence-corrected chi connectivity index (χ0v) is 13.5. The molecule has 0 aliphatic carbocycles. The van der Waals surface area contributed by atoms with E-state index in [1.165, 1.54) is 5.56 Å². The zero-order chi connectivity index (χ0) is 14.8. The van der Waals surface area contributed by atoms with Crippen LogP contribution >= 0.6 is 15.9 Å². The van der Waals surface area contributed by atoms with Gasteiger partial charge in [0.05, 0.1) is 12.7 Å². The maximum absolute atomic E-state index is 12.5. The highest BCUT2D eigenvalue weighted by atomic mass is 79.9. The third-order valence-corrected chi connectivity index (χ3v) is 4.29. The van der Waals surface area contributed by atoms with E-state index >= 15 is 0 Å². The van der Waals surface area contributed by atoms with Crippen LogP contribution in [0.15, 0.2) is 46.9 Å². The number of Topliss-reactive ketones (excluding diaryl/α,β-unsaturated/α-hetero) is 1. The van der Waals surface area contributed by atoms with Crippen LogP contribution in [-0.4, -0.2) is 12.4 Å². The Hall–Kier alpha value is -1.45. The Morgan fingerprint density at radius 1 is 1.29 bits per heavy atom. The Morgan fingerprint density at radius 2 is 2.10 bits per heavy atom. The summed E-state index contributed by atoms with van der Waals surface area (Å²) in [6, 6.07) is 14.1. The minimum atomic E-state index is -0.123. The maximum atomic E-state index is 12.5. The van der Waals surface area contributed by atoms with Gasteiger partial charge in [-0.25, -0.2) is 0 Å². The van der Waals surface area contributed by atoms with Crippen LogP contribution < -0.4 is 0 Å². The number of carbonyl (C=O) groups excluding carboxylic acids is 1. The Bertz CT molecular complexity index is 658. The summed E-state index contributed by atoms with van der Waals surface area (Å²) in [5.41, 5.74) is 4.28. The van der Waals surface area contributed by atoms with Crippen molar-refractivity contribution < 1.29 is 9.53 Å². The van der Waals surface area contributed by atoms with E-state index in [1.54, 1.807) is 0 Å². The highest BCUT2D eigenvalue weighted by molar-refractivity contribution is 9.10. The van der Waals surface area contributed by atoms with E-state index in [-0.39, 0.29) is 11.9 Å². The summed E-state index contributed by atoms with van der Waals surface area (Å²) in [6.45, 7) is 2.68. The van der Waals surface area contributed by atoms with Gasteiger partial charge in [0.15, 0.2) is 5.78 Å². The van der Waals surface area contributed by atoms with Gasteiger partial charge in [-0.3, -0.25) is 4.79 Å². The van der Waals surface area contributed by atoms with Gasteiger partial charge in [-0.15, -0.1) is 0 Å². The van der Waals surface area contributed by atoms with Crippen LogP contribution in [0.25, 0.3) is 0 Å². The number of hydrogen-bond donors (Lipinski definition) is 0. The molecule has 1 atom stereocenters. The van der Waals surface area contributed by atoms with Gasteiger partial charge in [0.2, 0.25) is 0 Å². The van der Waals surface area contributed by atoms with E-state index in [2.05, 4.69) is 28.1 Å². The molecule has 0 spiro atoms. The lowest BCUT2D eigenvalue weighted by Gasteiger charge is -2.25. The lowest BCUT2D eigenvalue weighted by Crippen LogP contribution is -2.19. The molecule has 2 aromatic rings. The Kier molecular flexibility index (Phi) is 4.22. The fourth-order valence-corrected chi connectivity index (χ4v) is 3.44. The first-order valence-corrected chi connectivity index (χ1v) is 7.92. The summed E-state index contributed by atoms with van der Waals surface area (Å²) in [5.74, 6) is 0.126. The molecule has 1 heterocycles. The number of benzene rings is 2. The molecule has 0 aromatic heterocycles. The zero-order valence-electron chi connectivity index (χ0n) is 11.9. The van der Waals surface area contributed by atoms with Crippen molar-refractivity contribution in [3.8, 4) is 0 Å². The summed E-state index contributed by atoms with van der Waals surface area (Å²) in [5, 5.41) is 0. The summed E-state index contributed by atoms with van der Waals surface area (Å²) < 4.78 is 6.77. The summed E-state index contributed by atoms with van der Waals surface area (Å²) in [6.07, 6.45) is 1.20. The summed E-state index contributed by atoms with van der Waals surface area (Å²) in [7, 11) is 0. The van der Waals surface area contributed by atoms with Crippen molar-refractivity contribution in [1.29, 1.82) is 0 Å². The molecule has 0 fully saturated rings. The number of carbonyl (C=O) groups is 1. The van der Waals surface area contributed by atoms with Crippen LogP contribution in [0.5, 0.6) is 0 Å². The Morgan fingerprint density at radius 3 is 2.90 bits per heavy atom. The van der Waals surface area contributed by atoms with Crippen LogP contribution in [0.2, 0.25) is 0 Å². The van der Waals surface area contributed by atoms with Gasteiger partial charge in [0, 0.05) is 16.5 Å². The molecule has 0 radical (unpaired) electrons. The monoisotopic (exact) mass is 344 g/mol. The van der Waals surface area contributed by atoms with Crippen LogP contribution in [0.3, 0.4) is 0 Å². The van der Waals surface area contributed by atoms with Gasteiger partial charge in [0.25, 0.3) is 0 Å². The van der Waals surface area contributed by atoms with E-state index in [4.69, 9.17) is 4.74 Å². The highest BCUT2D eigenvalue weighted by Crippen LogP contribution is 2.31. The molecule has 21 heavy (non-hydrogen) atoms. The van der Waals surface area contributed by atoms with Gasteiger partial charge in [-0.2, -0.15) is 0 Å². The number of rotatable bonds is 3. The molecule has 3 rings (SSSR count). The molecule has 0 amide bonds. The fourth-order valence-electron chi connectivity index (χ4n) is 2.83. The van der Waals surface area contributed by atoms with Crippen LogP contribution in [-0.2, 0) is 11.2 Å². The third kappa shape index (κ3) is 3.25. The van der Waals surface area contributed by atoms with E-state index in [9.17, 15) is 4.79 Å². The average Bonchev–Trinajstić information content (AvgIpc) is 2.46. The van der Waals surface area contributed by atoms with Crippen molar-refractivity contribution in [2.75, 3.05) is 6.61 Å². The van der Waals surface area contributed by atoms with Crippen molar-refractivity contribution in [3.63, 3.8) is 0 Å². The predicted molar refractivity (Wildman–Crippen MR) is 86.7 cm³/mol. The van der Waals surface area contributed by atoms with Crippen LogP contribution in [0.1, 0.15) is 39.6 Å². The molecular weight excluding hydrogens is 328 g/mol. The first-order chi connectivity index (χ1) is 10.1. The van der Waals surface area contributed by atoms with Gasteiger partial charge in [-0.1, -0.05) is 40.2 Å². The molecule has 0 N–H and O–H groups in total. The molecule has 2 aromatic carbocycles. The molecule has 1 aliphatic rings. The third-order valence-electron chi connectivity index (χ3n) is 3.83. The first kappa shape index (κ1) is 14.5. The molecule has 0 saturated heterocycles. The smallest absolute Gasteiger partial charge is 0.165 e. The molecule has 1 unspecified atom stereocenters. The van der Waals surface area contributed by atoms with Gasteiger partial charge < -0.3 is 4.74 Å². The van der Waals surface area contributed by atoms with Crippen molar-refractivity contribution in [2.24, 2.45) is 0 Å². The quantitative estimate of drug-likeness (QED) is 0.758. The molecule has 0 bridgehead atoms. The first-order valence-electron chi connectivity index (χ1n) is 7.13. The average molecular weight is 345 g/mol. The van der Waals surface area contributed by atoms with Crippen LogP contribution in [0.4, 0.5) is 0 Å². The molecule has 3 heteroatoms. The minimum Gasteiger partial charge on any atom is -0.373 e. The molecule has 0 saturated carbocycles. The molecular formula is C18H17BrO2. The second-order valence-corrected chi connectivity index (χ2v) is 6.37. The number of ether oxygens (including phenoxy) is 1. The fraction of sp³-hybridized carbons (Fsp3) is 0.278. The molecule has 108 valence electrons. The van der Waals surface area contributed by atoms with Crippen LogP contribution in [0, 0.1) is 6.92 Å². The number of halogens is 1. The number of ketones is 1. The lowest BCUT2D eigenvalue weighted by molar-refractivity contribution is 0.0352. The number of fused-ring (bicyclic) bond motifs is 1. The summed E-state index contributed by atoms with van der Waals surface area (Å²) in [4.78, 5) is 12.5. The second-order valence-electron chi connectivity index (χ2n) is 5.45. The largest absolute Gasteiger partial charge is 0.373 e. The highest BCUT2D eigenvalue weighted by Gasteiger charge is 2.23. The van der Waals surface area contributed by atoms with E-state index in [1.807, 2.05) is 37.3 Å². The van der Waals surface area contributed by atoms with Crippen molar-refractivity contribution in [3.05, 3.63) is 69.2 Å². The van der Waals surface area contributed by atoms with Crippen molar-refractivity contribution in [2.45, 2.75) is 25.9 Å². The standard InChI is InChI=1S/C18H17BrO2/c1-12-8-14(10-15(19)9-12)17(20)11-18-16-5-3-2-4-13(16)6-7-21-18/h2-5,8-10,18H,6-7,11H2,1H3. The van der Waals surface area contributed by atoms with Crippen molar-refractivity contribution >= 4 is 21.7 Å². The minimum absolute atomic E-state index is 0.123.